The Morgan fingerprint density at radius 1 is 0.613 bits per heavy atom. The van der Waals surface area contributed by atoms with Crippen LogP contribution in [0.15, 0.2) is 12.1 Å². The van der Waals surface area contributed by atoms with Gasteiger partial charge in [-0.1, -0.05) is 23.2 Å². The lowest BCUT2D eigenvalue weighted by atomic mass is 9.85. The number of phenols is 3. The van der Waals surface area contributed by atoms with Crippen molar-refractivity contribution in [2.24, 2.45) is 0 Å². The lowest BCUT2D eigenvalue weighted by Crippen LogP contribution is -2.68. The number of aliphatic hydroxyl groups excluding tert-OH is 5. The van der Waals surface area contributed by atoms with Crippen molar-refractivity contribution in [3.8, 4) is 23.0 Å². The predicted molar refractivity (Wildman–Crippen MR) is 363 cm³/mol. The number of fused-ring (bicyclic) bond motifs is 4. The highest BCUT2D eigenvalue weighted by atomic mass is 35.5. The van der Waals surface area contributed by atoms with Gasteiger partial charge in [-0.15, -0.1) is 0 Å². The molecular weight excluding hydrogens is 1530 g/mol. The van der Waals surface area contributed by atoms with Gasteiger partial charge in [0.25, 0.3) is 11.5 Å². The number of benzene rings is 2. The Bertz CT molecular complexity index is 3630. The average Bonchev–Trinajstić information content (AvgIpc) is 1.58. The number of aromatic hydroxyl groups is 3. The molecule has 624 valence electrons. The molecule has 35 atom stereocenters. The Hall–Kier alpha value is -4.56. The maximum absolute atomic E-state index is 14.3. The highest BCUT2D eigenvalue weighted by Crippen LogP contribution is 2.53. The second-order valence-corrected chi connectivity index (χ2v) is 30.6. The van der Waals surface area contributed by atoms with E-state index in [1.165, 1.54) is 69.3 Å². The lowest BCUT2D eigenvalue weighted by Gasteiger charge is -2.50. The van der Waals surface area contributed by atoms with Gasteiger partial charge in [-0.3, -0.25) is 10.1 Å². The number of esters is 2. The normalized spacial score (nSPS) is 45.6. The Kier molecular flexibility index (Phi) is 25.1. The molecule has 0 amide bonds. The van der Waals surface area contributed by atoms with Gasteiger partial charge in [0.1, 0.15) is 132 Å². The molecule has 8 N–H and O–H groups in total. The summed E-state index contributed by atoms with van der Waals surface area (Å²) in [7, 11) is 6.53. The zero-order chi connectivity index (χ0) is 80.2. The van der Waals surface area contributed by atoms with Crippen LogP contribution >= 0.6 is 23.2 Å². The van der Waals surface area contributed by atoms with Gasteiger partial charge in [0.2, 0.25) is 0 Å². The van der Waals surface area contributed by atoms with Gasteiger partial charge in [-0.2, -0.15) is 0 Å². The zero-order valence-corrected chi connectivity index (χ0v) is 64.5. The van der Waals surface area contributed by atoms with E-state index in [1.54, 1.807) is 34.6 Å². The molecule has 41 heteroatoms. The highest BCUT2D eigenvalue weighted by molar-refractivity contribution is 6.39. The SMILES string of the molecule is COC[C@H]1O[C@@H](O[C@@H]2OC[C@@H]3O[C@@]4(OC[C@@H](OC(=O)c5c(C)cc(O)cc5O)[C@@H]5OCO[C@H]54)O[C@H]3[C@H]2O)[C@@H](OC)[C@@H](O)[C@@H]1O[C@@H]1O[C@H](C)[C@H](OC)[C@H](O[C@@H]2O[C@H](C)[C@H]3OC4(C[C@@H](O)[C@H](O[C@H]5C[C@@H](OC6C[C@](C)([N+](=O)[O-])[C@@H](OC)[C@H](C)O6)[C@H](OC(=O)c6c(C)c(Cl)c(O)c(Cl)c6OC)[C@@H](C)O5)[C@@H](C)O4)O[C@]3(C)[C@@H]2O)[C@H]1O. The van der Waals surface area contributed by atoms with Crippen LogP contribution in [-0.4, -0.2) is 333 Å². The summed E-state index contributed by atoms with van der Waals surface area (Å²) in [5.41, 5.74) is -3.54. The van der Waals surface area contributed by atoms with Crippen LogP contribution in [0.1, 0.15) is 99.6 Å². The number of ether oxygens (including phenoxy) is 26. The molecule has 39 nitrogen and oxygen atoms in total. The van der Waals surface area contributed by atoms with Crippen molar-refractivity contribution in [1.82, 2.24) is 0 Å². The second-order valence-electron chi connectivity index (χ2n) is 29.9. The van der Waals surface area contributed by atoms with Gasteiger partial charge in [0.15, 0.2) is 73.7 Å². The molecule has 0 aromatic heterocycles. The molecule has 2 aromatic rings. The van der Waals surface area contributed by atoms with Crippen LogP contribution in [0, 0.1) is 24.0 Å². The second kappa shape index (κ2) is 33.1. The maximum Gasteiger partial charge on any atom is 0.342 e. The summed E-state index contributed by atoms with van der Waals surface area (Å²) in [6, 6.07) is 2.28. The Labute approximate surface area is 645 Å². The Morgan fingerprint density at radius 2 is 1.31 bits per heavy atom. The van der Waals surface area contributed by atoms with Crippen molar-refractivity contribution in [2.45, 2.75) is 295 Å². The number of aryl methyl sites for hydroxylation is 1. The first-order valence-corrected chi connectivity index (χ1v) is 37.1. The van der Waals surface area contributed by atoms with Crippen LogP contribution in [0.4, 0.5) is 0 Å². The minimum absolute atomic E-state index is 0.0700. The number of hydrogen-bond donors (Lipinski definition) is 8. The summed E-state index contributed by atoms with van der Waals surface area (Å²) < 4.78 is 160. The molecule has 0 saturated carbocycles. The molecule has 2 aromatic carbocycles. The van der Waals surface area contributed by atoms with Crippen LogP contribution in [0.2, 0.25) is 10.0 Å². The van der Waals surface area contributed by atoms with Crippen molar-refractivity contribution < 1.29 is 179 Å². The van der Waals surface area contributed by atoms with Crippen molar-refractivity contribution in [2.75, 3.05) is 62.2 Å². The molecular formula is C70H97Cl2NO38. The first kappa shape index (κ1) is 84.4. The summed E-state index contributed by atoms with van der Waals surface area (Å²) in [5, 5.41) is 104. The first-order chi connectivity index (χ1) is 52.6. The van der Waals surface area contributed by atoms with Crippen LogP contribution in [0.3, 0.4) is 0 Å². The quantitative estimate of drug-likeness (QED) is 0.0495. The molecule has 11 aliphatic heterocycles. The molecule has 11 aliphatic rings. The van der Waals surface area contributed by atoms with Gasteiger partial charge in [0, 0.05) is 52.8 Å². The molecule has 0 bridgehead atoms. The fourth-order valence-electron chi connectivity index (χ4n) is 17.0. The van der Waals surface area contributed by atoms with E-state index in [4.69, 9.17) is 146 Å². The molecule has 2 unspecified atom stereocenters. The summed E-state index contributed by atoms with van der Waals surface area (Å²) >= 11 is 12.8. The number of halogens is 2. The average molecular weight is 1630 g/mol. The van der Waals surface area contributed by atoms with Crippen LogP contribution in [0.25, 0.3) is 0 Å². The lowest BCUT2D eigenvalue weighted by molar-refractivity contribution is -0.595. The molecule has 11 fully saturated rings. The summed E-state index contributed by atoms with van der Waals surface area (Å²) in [6.45, 7) is 12.7. The smallest absolute Gasteiger partial charge is 0.342 e. The fraction of sp³-hybridized carbons (Fsp3) is 0.800. The minimum Gasteiger partial charge on any atom is -0.508 e. The number of phenolic OH excluding ortho intramolecular Hbond substituents is 3. The number of hydrogen-bond acceptors (Lipinski definition) is 38. The summed E-state index contributed by atoms with van der Waals surface area (Å²) in [5.74, 6) is -7.54. The van der Waals surface area contributed by atoms with E-state index in [-0.39, 0.29) is 83.3 Å². The molecule has 11 heterocycles. The number of nitrogens with zero attached hydrogens (tertiary/aromatic N) is 1. The number of methoxy groups -OCH3 is 5. The van der Waals surface area contributed by atoms with E-state index in [0.29, 0.717) is 0 Å². The topological polar surface area (TPSA) is 479 Å². The number of carbonyl (C=O) groups excluding carboxylic acids is 2. The predicted octanol–water partition coefficient (Wildman–Crippen LogP) is 1.26. The Morgan fingerprint density at radius 3 is 1.98 bits per heavy atom. The van der Waals surface area contributed by atoms with E-state index < -0.39 is 248 Å². The molecule has 111 heavy (non-hydrogen) atoms. The number of nitro groups is 1. The van der Waals surface area contributed by atoms with Gasteiger partial charge in [-0.05, 0) is 72.6 Å². The van der Waals surface area contributed by atoms with Gasteiger partial charge >= 0.3 is 17.9 Å². The van der Waals surface area contributed by atoms with Gasteiger partial charge < -0.3 is 164 Å². The summed E-state index contributed by atoms with van der Waals surface area (Å²) in [6.07, 6.45) is -40.9. The van der Waals surface area contributed by atoms with E-state index in [9.17, 15) is 60.6 Å². The Balaban J connectivity index is 0.644. The minimum atomic E-state index is -2.06. The standard InChI is InChI=1S/C70H97Cl2NO38/c1-24-15-31(74)16-32(75)40(24)61(82)100-36-22-94-70(60-53(36)92-23-93-60)108-37-21-91-63(46(79)52(37)109-70)106-65-56(89-13)45(78)51(35(101-65)20-86-10)104-64-47(80)55(50(87-11)27(4)97-64)105-66-57(81)68(9)59(30(7)98-66)110-69(111-68)18-33(76)48(28(5)107-69)102-38-17-34(99-39-19-67(8,73(84)85)58(90-14)29(6)96-39)49(26(3)95-38)103-62(83)41-25(2)42(71)44(77)43(72)54(41)88-12/h15-16,26-30,33-39,45-53,55-60,63-66,74-81H,17-23H2,1-14H3/t26-,27-,28-,29+,30-,33-,34-,35-,36-,37+,38+,39?,45+,46-,47-,48-,49-,50+,51-,52-,53+,55-,56+,57-,58+,59-,60-,63+,64+,65+,66+,67+,68-,69?,70-/m1/s1. The fourth-order valence-corrected chi connectivity index (χ4v) is 17.5. The van der Waals surface area contributed by atoms with E-state index in [0.717, 1.165) is 6.07 Å². The van der Waals surface area contributed by atoms with Crippen LogP contribution in [-0.2, 0) is 118 Å². The third-order valence-corrected chi connectivity index (χ3v) is 23.3. The van der Waals surface area contributed by atoms with Crippen molar-refractivity contribution >= 4 is 35.1 Å². The molecule has 11 saturated heterocycles. The molecule has 2 spiro atoms. The highest BCUT2D eigenvalue weighted by Gasteiger charge is 2.70. The third kappa shape index (κ3) is 15.5. The van der Waals surface area contributed by atoms with Crippen LogP contribution in [0.5, 0.6) is 23.0 Å². The van der Waals surface area contributed by atoms with Crippen LogP contribution < -0.4 is 4.74 Å². The molecule has 0 radical (unpaired) electrons. The third-order valence-electron chi connectivity index (χ3n) is 22.5. The summed E-state index contributed by atoms with van der Waals surface area (Å²) in [4.78, 5) is 39.8. The van der Waals surface area contributed by atoms with Crippen molar-refractivity contribution in [3.05, 3.63) is 54.5 Å². The first-order valence-electron chi connectivity index (χ1n) is 36.3. The number of carbonyl (C=O) groups is 2. The van der Waals surface area contributed by atoms with Gasteiger partial charge in [-0.25, -0.2) is 9.59 Å². The van der Waals surface area contributed by atoms with E-state index in [2.05, 4.69) is 0 Å². The van der Waals surface area contributed by atoms with Crippen molar-refractivity contribution in [1.29, 1.82) is 0 Å². The van der Waals surface area contributed by atoms with Gasteiger partial charge in [0.05, 0.1) is 81.4 Å². The number of aliphatic hydroxyl groups is 5. The monoisotopic (exact) mass is 1630 g/mol. The molecule has 0 aliphatic carbocycles. The van der Waals surface area contributed by atoms with E-state index in [1.807, 2.05) is 0 Å². The largest absolute Gasteiger partial charge is 0.508 e. The van der Waals surface area contributed by atoms with E-state index >= 15 is 0 Å². The maximum atomic E-state index is 14.3. The zero-order valence-electron chi connectivity index (χ0n) is 63.0. The van der Waals surface area contributed by atoms with Crippen molar-refractivity contribution in [3.63, 3.8) is 0 Å². The molecule has 13 rings (SSSR count). The number of rotatable bonds is 21.